The number of halogens is 3. The third-order valence-corrected chi connectivity index (χ3v) is 3.32. The standard InChI is InChI=1S/C11H20BF3N.K/c1-10(12(13,14)15)9-16-7-4-5-11(2,3)6-8-16;/h1,4-9H2,2-3H3;/q-1;+1. The second-order valence-corrected chi connectivity index (χ2v) is 5.53. The Kier molecular flexibility index (Phi) is 7.60. The molecule has 1 nitrogen and oxygen atoms in total. The third kappa shape index (κ3) is 6.78. The van der Waals surface area contributed by atoms with E-state index in [1.54, 1.807) is 0 Å². The van der Waals surface area contributed by atoms with Crippen molar-refractivity contribution in [3.8, 4) is 0 Å². The monoisotopic (exact) mass is 273 g/mol. The maximum absolute atomic E-state index is 12.4. The SMILES string of the molecule is C=C(CN1CCCC(C)(C)CC1)[B-](F)(F)F.[K+]. The summed E-state index contributed by atoms with van der Waals surface area (Å²) < 4.78 is 37.2. The van der Waals surface area contributed by atoms with Crippen molar-refractivity contribution in [2.24, 2.45) is 5.41 Å². The van der Waals surface area contributed by atoms with E-state index in [0.717, 1.165) is 32.4 Å². The average molecular weight is 273 g/mol. The topological polar surface area (TPSA) is 3.24 Å². The average Bonchev–Trinajstić information content (AvgIpc) is 2.26. The van der Waals surface area contributed by atoms with E-state index in [1.165, 1.54) is 0 Å². The predicted octanol–water partition coefficient (Wildman–Crippen LogP) is 0.445. The number of likely N-dealkylation sites (tertiary alicyclic amines) is 1. The van der Waals surface area contributed by atoms with Crippen molar-refractivity contribution in [1.29, 1.82) is 0 Å². The zero-order chi connectivity index (χ0) is 12.4. The molecule has 0 radical (unpaired) electrons. The quantitative estimate of drug-likeness (QED) is 0.675. The number of rotatable bonds is 3. The van der Waals surface area contributed by atoms with Gasteiger partial charge in [0.25, 0.3) is 0 Å². The van der Waals surface area contributed by atoms with Gasteiger partial charge in [-0.2, -0.15) is 0 Å². The second kappa shape index (κ2) is 7.10. The maximum Gasteiger partial charge on any atom is 1.00 e. The molecule has 6 heteroatoms. The molecule has 0 N–H and O–H groups in total. The normalized spacial score (nSPS) is 21.5. The molecule has 1 aliphatic rings. The summed E-state index contributed by atoms with van der Waals surface area (Å²) in [5.41, 5.74) is -0.306. The maximum atomic E-state index is 12.4. The summed E-state index contributed by atoms with van der Waals surface area (Å²) in [5, 5.41) is 0. The van der Waals surface area contributed by atoms with Crippen molar-refractivity contribution < 1.29 is 64.3 Å². The molecular formula is C11H20BF3KN. The third-order valence-electron chi connectivity index (χ3n) is 3.32. The van der Waals surface area contributed by atoms with Gasteiger partial charge in [0.1, 0.15) is 0 Å². The molecule has 17 heavy (non-hydrogen) atoms. The second-order valence-electron chi connectivity index (χ2n) is 5.53. The van der Waals surface area contributed by atoms with Crippen LogP contribution in [0.5, 0.6) is 0 Å². The first-order valence-corrected chi connectivity index (χ1v) is 5.81. The van der Waals surface area contributed by atoms with Crippen molar-refractivity contribution in [2.45, 2.75) is 33.1 Å². The molecule has 0 unspecified atom stereocenters. The first kappa shape index (κ1) is 18.2. The van der Waals surface area contributed by atoms with Crippen LogP contribution < -0.4 is 51.4 Å². The fraction of sp³-hybridized carbons (Fsp3) is 0.818. The molecule has 0 atom stereocenters. The van der Waals surface area contributed by atoms with E-state index in [-0.39, 0.29) is 63.3 Å². The zero-order valence-corrected chi connectivity index (χ0v) is 14.2. The van der Waals surface area contributed by atoms with E-state index in [9.17, 15) is 12.9 Å². The fourth-order valence-electron chi connectivity index (χ4n) is 2.03. The van der Waals surface area contributed by atoms with E-state index in [0.29, 0.717) is 0 Å². The molecule has 0 saturated carbocycles. The smallest absolute Gasteiger partial charge is 0.445 e. The van der Waals surface area contributed by atoms with Crippen LogP contribution in [0.1, 0.15) is 33.1 Å². The molecule has 0 bridgehead atoms. The number of hydrogen-bond donors (Lipinski definition) is 0. The van der Waals surface area contributed by atoms with Crippen molar-refractivity contribution >= 4 is 6.98 Å². The van der Waals surface area contributed by atoms with E-state index in [2.05, 4.69) is 20.4 Å². The summed E-state index contributed by atoms with van der Waals surface area (Å²) in [7, 11) is 0. The van der Waals surface area contributed by atoms with Gasteiger partial charge in [0.15, 0.2) is 0 Å². The van der Waals surface area contributed by atoms with Gasteiger partial charge in [-0.1, -0.05) is 13.8 Å². The molecule has 1 aliphatic heterocycles. The van der Waals surface area contributed by atoms with Crippen molar-refractivity contribution in [1.82, 2.24) is 4.90 Å². The van der Waals surface area contributed by atoms with Crippen LogP contribution in [0.25, 0.3) is 0 Å². The molecule has 0 aliphatic carbocycles. The van der Waals surface area contributed by atoms with Crippen LogP contribution in [-0.2, 0) is 0 Å². The summed E-state index contributed by atoms with van der Waals surface area (Å²) in [6.45, 7) is 4.13. The van der Waals surface area contributed by atoms with Gasteiger partial charge in [0.05, 0.1) is 0 Å². The first-order chi connectivity index (χ1) is 7.21. The minimum absolute atomic E-state index is 0. The van der Waals surface area contributed by atoms with Crippen LogP contribution in [0.4, 0.5) is 12.9 Å². The Morgan fingerprint density at radius 3 is 2.35 bits per heavy atom. The van der Waals surface area contributed by atoms with E-state index in [4.69, 9.17) is 0 Å². The first-order valence-electron chi connectivity index (χ1n) is 5.81. The van der Waals surface area contributed by atoms with E-state index < -0.39 is 12.4 Å². The summed E-state index contributed by atoms with van der Waals surface area (Å²) in [5.74, 6) is 0. The Morgan fingerprint density at radius 1 is 1.24 bits per heavy atom. The zero-order valence-electron chi connectivity index (χ0n) is 11.1. The van der Waals surface area contributed by atoms with Gasteiger partial charge < -0.3 is 17.8 Å². The minimum Gasteiger partial charge on any atom is -0.445 e. The van der Waals surface area contributed by atoms with Crippen molar-refractivity contribution in [3.63, 3.8) is 0 Å². The Morgan fingerprint density at radius 2 is 1.82 bits per heavy atom. The Balaban J connectivity index is 0.00000256. The molecule has 0 spiro atoms. The Hall–Kier alpha value is 1.19. The molecule has 1 saturated heterocycles. The van der Waals surface area contributed by atoms with Gasteiger partial charge in [0.2, 0.25) is 0 Å². The van der Waals surface area contributed by atoms with Gasteiger partial charge >= 0.3 is 58.4 Å². The van der Waals surface area contributed by atoms with Crippen LogP contribution in [0, 0.1) is 5.41 Å². The minimum atomic E-state index is -4.87. The Bertz CT molecular complexity index is 266. The van der Waals surface area contributed by atoms with Crippen LogP contribution >= 0.6 is 0 Å². The largest absolute Gasteiger partial charge is 1.00 e. The molecule has 0 amide bonds. The van der Waals surface area contributed by atoms with Crippen LogP contribution in [0.3, 0.4) is 0 Å². The molecule has 0 aromatic rings. The van der Waals surface area contributed by atoms with Crippen molar-refractivity contribution in [2.75, 3.05) is 19.6 Å². The van der Waals surface area contributed by atoms with Gasteiger partial charge in [-0.15, -0.1) is 12.1 Å². The van der Waals surface area contributed by atoms with Crippen LogP contribution in [0.2, 0.25) is 0 Å². The van der Waals surface area contributed by atoms with Crippen molar-refractivity contribution in [3.05, 3.63) is 12.1 Å². The van der Waals surface area contributed by atoms with Crippen LogP contribution in [0.15, 0.2) is 12.1 Å². The molecule has 0 aromatic carbocycles. The Labute approximate surface area is 145 Å². The fourth-order valence-corrected chi connectivity index (χ4v) is 2.03. The van der Waals surface area contributed by atoms with Gasteiger partial charge in [-0.25, -0.2) is 0 Å². The van der Waals surface area contributed by atoms with Gasteiger partial charge in [0, 0.05) is 0 Å². The molecule has 1 heterocycles. The van der Waals surface area contributed by atoms with Crippen LogP contribution in [-0.4, -0.2) is 31.5 Å². The van der Waals surface area contributed by atoms with E-state index >= 15 is 0 Å². The summed E-state index contributed by atoms with van der Waals surface area (Å²) >= 11 is 0. The van der Waals surface area contributed by atoms with Gasteiger partial charge in [-0.05, 0) is 44.3 Å². The number of hydrogen-bond acceptors (Lipinski definition) is 1. The molecule has 0 aromatic heterocycles. The molecular weight excluding hydrogens is 253 g/mol. The predicted molar refractivity (Wildman–Crippen MR) is 62.3 cm³/mol. The molecule has 1 rings (SSSR count). The summed E-state index contributed by atoms with van der Waals surface area (Å²) in [6.07, 6.45) is 3.03. The van der Waals surface area contributed by atoms with E-state index in [1.807, 2.05) is 4.90 Å². The number of nitrogens with zero attached hydrogens (tertiary/aromatic N) is 1. The summed E-state index contributed by atoms with van der Waals surface area (Å²) in [4.78, 5) is 1.88. The molecule has 94 valence electrons. The summed E-state index contributed by atoms with van der Waals surface area (Å²) in [6, 6.07) is 0. The van der Waals surface area contributed by atoms with Gasteiger partial charge in [-0.3, -0.25) is 0 Å². The molecule has 1 fully saturated rings.